The van der Waals surface area contributed by atoms with Crippen molar-refractivity contribution in [2.75, 3.05) is 5.84 Å². The molecule has 1 atom stereocenters. The average molecular weight is 413 g/mol. The van der Waals surface area contributed by atoms with E-state index in [4.69, 9.17) is 21.9 Å². The lowest BCUT2D eigenvalue weighted by atomic mass is 10.1. The number of thioether (sulfide) groups is 1. The van der Waals surface area contributed by atoms with E-state index in [0.717, 1.165) is 11.1 Å². The van der Waals surface area contributed by atoms with Crippen molar-refractivity contribution < 1.29 is 4.42 Å². The highest BCUT2D eigenvalue weighted by Gasteiger charge is 2.21. The van der Waals surface area contributed by atoms with E-state index in [1.54, 1.807) is 6.07 Å². The molecule has 2 aromatic carbocycles. The highest BCUT2D eigenvalue weighted by atomic mass is 35.5. The standard InChI is InChI=1S/C19H17ClN6OS/c1-11-7-9-13(10-8-11)18-24-23-17(27-18)12(2)28-19-25-22-16(26(19)21)14-5-3-4-6-15(14)20/h3-10,12H,21H2,1-2H3/t12-/m1/s1. The summed E-state index contributed by atoms with van der Waals surface area (Å²) < 4.78 is 7.25. The molecule has 142 valence electrons. The van der Waals surface area contributed by atoms with Gasteiger partial charge >= 0.3 is 0 Å². The molecule has 0 saturated carbocycles. The maximum absolute atomic E-state index is 6.24. The molecule has 9 heteroatoms. The third kappa shape index (κ3) is 3.61. The molecule has 0 unspecified atom stereocenters. The third-order valence-corrected chi connectivity index (χ3v) is 5.52. The molecule has 0 aliphatic carbocycles. The maximum atomic E-state index is 6.24. The summed E-state index contributed by atoms with van der Waals surface area (Å²) in [5.74, 6) is 7.65. The molecular weight excluding hydrogens is 396 g/mol. The minimum Gasteiger partial charge on any atom is -0.419 e. The molecule has 0 saturated heterocycles. The highest BCUT2D eigenvalue weighted by molar-refractivity contribution is 7.99. The van der Waals surface area contributed by atoms with E-state index in [9.17, 15) is 0 Å². The Bertz CT molecular complexity index is 1110. The summed E-state index contributed by atoms with van der Waals surface area (Å²) in [6, 6.07) is 15.3. The Morgan fingerprint density at radius 1 is 1.04 bits per heavy atom. The number of aryl methyl sites for hydroxylation is 1. The molecule has 0 bridgehead atoms. The summed E-state index contributed by atoms with van der Waals surface area (Å²) in [5, 5.41) is 17.6. The number of rotatable bonds is 5. The van der Waals surface area contributed by atoms with Crippen molar-refractivity contribution in [3.8, 4) is 22.8 Å². The fourth-order valence-corrected chi connectivity index (χ4v) is 3.62. The van der Waals surface area contributed by atoms with Gasteiger partial charge in [0.15, 0.2) is 5.82 Å². The molecule has 4 rings (SSSR count). The van der Waals surface area contributed by atoms with Crippen LogP contribution in [0.1, 0.15) is 23.6 Å². The lowest BCUT2D eigenvalue weighted by Crippen LogP contribution is -2.12. The van der Waals surface area contributed by atoms with Crippen LogP contribution in [-0.4, -0.2) is 25.1 Å². The van der Waals surface area contributed by atoms with Crippen molar-refractivity contribution >= 4 is 23.4 Å². The first-order valence-corrected chi connectivity index (χ1v) is 9.81. The average Bonchev–Trinajstić information content (AvgIpc) is 3.31. The molecule has 2 N–H and O–H groups in total. The second-order valence-electron chi connectivity index (χ2n) is 6.23. The fraction of sp³-hybridized carbons (Fsp3) is 0.158. The summed E-state index contributed by atoms with van der Waals surface area (Å²) >= 11 is 7.62. The van der Waals surface area contributed by atoms with Crippen molar-refractivity contribution in [2.24, 2.45) is 0 Å². The number of aromatic nitrogens is 5. The van der Waals surface area contributed by atoms with Crippen LogP contribution in [0.5, 0.6) is 0 Å². The third-order valence-electron chi connectivity index (χ3n) is 4.15. The number of hydrogen-bond acceptors (Lipinski definition) is 7. The van der Waals surface area contributed by atoms with Gasteiger partial charge in [0, 0.05) is 11.1 Å². The zero-order valence-corrected chi connectivity index (χ0v) is 16.8. The summed E-state index contributed by atoms with van der Waals surface area (Å²) in [5.41, 5.74) is 2.77. The Balaban J connectivity index is 1.54. The molecule has 2 heterocycles. The van der Waals surface area contributed by atoms with E-state index in [0.29, 0.717) is 27.8 Å². The van der Waals surface area contributed by atoms with Crippen LogP contribution >= 0.6 is 23.4 Å². The van der Waals surface area contributed by atoms with Gasteiger partial charge in [-0.25, -0.2) is 4.68 Å². The molecular formula is C19H17ClN6OS. The van der Waals surface area contributed by atoms with Crippen molar-refractivity contribution in [3.63, 3.8) is 0 Å². The summed E-state index contributed by atoms with van der Waals surface area (Å²) in [7, 11) is 0. The Kier molecular flexibility index (Phi) is 5.06. The zero-order valence-electron chi connectivity index (χ0n) is 15.2. The van der Waals surface area contributed by atoms with Gasteiger partial charge in [-0.05, 0) is 38.1 Å². The monoisotopic (exact) mass is 412 g/mol. The zero-order chi connectivity index (χ0) is 19.7. The number of halogens is 1. The van der Waals surface area contributed by atoms with E-state index in [2.05, 4.69) is 20.4 Å². The molecule has 0 aliphatic rings. The number of benzene rings is 2. The van der Waals surface area contributed by atoms with Gasteiger partial charge in [-0.15, -0.1) is 20.4 Å². The fourth-order valence-electron chi connectivity index (χ4n) is 2.60. The van der Waals surface area contributed by atoms with Gasteiger partial charge in [0.05, 0.1) is 10.3 Å². The van der Waals surface area contributed by atoms with Crippen LogP contribution in [0, 0.1) is 6.92 Å². The predicted molar refractivity (Wildman–Crippen MR) is 109 cm³/mol. The maximum Gasteiger partial charge on any atom is 0.247 e. The summed E-state index contributed by atoms with van der Waals surface area (Å²) in [6.45, 7) is 3.97. The van der Waals surface area contributed by atoms with Gasteiger partial charge in [-0.1, -0.05) is 53.2 Å². The molecule has 28 heavy (non-hydrogen) atoms. The quantitative estimate of drug-likeness (QED) is 0.380. The van der Waals surface area contributed by atoms with E-state index >= 15 is 0 Å². The van der Waals surface area contributed by atoms with Crippen LogP contribution in [0.4, 0.5) is 0 Å². The van der Waals surface area contributed by atoms with Crippen molar-refractivity contribution in [1.29, 1.82) is 0 Å². The topological polar surface area (TPSA) is 95.7 Å². The highest BCUT2D eigenvalue weighted by Crippen LogP contribution is 2.35. The van der Waals surface area contributed by atoms with Gasteiger partial charge in [-0.2, -0.15) is 0 Å². The Morgan fingerprint density at radius 2 is 1.79 bits per heavy atom. The van der Waals surface area contributed by atoms with E-state index < -0.39 is 0 Å². The first kappa shape index (κ1) is 18.5. The molecule has 0 radical (unpaired) electrons. The van der Waals surface area contributed by atoms with Crippen LogP contribution in [0.15, 0.2) is 58.1 Å². The molecule has 4 aromatic rings. The van der Waals surface area contributed by atoms with Gasteiger partial charge in [0.25, 0.3) is 0 Å². The lowest BCUT2D eigenvalue weighted by molar-refractivity contribution is 0.509. The molecule has 0 spiro atoms. The molecule has 0 amide bonds. The van der Waals surface area contributed by atoms with E-state index in [1.807, 2.05) is 56.3 Å². The van der Waals surface area contributed by atoms with Gasteiger partial charge in [0.2, 0.25) is 16.9 Å². The number of hydrogen-bond donors (Lipinski definition) is 1. The van der Waals surface area contributed by atoms with Crippen molar-refractivity contribution in [3.05, 3.63) is 65.0 Å². The number of nitrogens with zero attached hydrogens (tertiary/aromatic N) is 5. The number of nitrogens with two attached hydrogens (primary N) is 1. The van der Waals surface area contributed by atoms with Crippen LogP contribution in [0.3, 0.4) is 0 Å². The number of nitrogen functional groups attached to an aromatic ring is 1. The lowest BCUT2D eigenvalue weighted by Gasteiger charge is -2.07. The van der Waals surface area contributed by atoms with Crippen LogP contribution in [-0.2, 0) is 0 Å². The minimum absolute atomic E-state index is 0.155. The second-order valence-corrected chi connectivity index (χ2v) is 7.94. The molecule has 0 aliphatic heterocycles. The molecule has 0 fully saturated rings. The first-order chi connectivity index (χ1) is 13.5. The first-order valence-electron chi connectivity index (χ1n) is 8.55. The van der Waals surface area contributed by atoms with Crippen LogP contribution < -0.4 is 5.84 Å². The van der Waals surface area contributed by atoms with Gasteiger partial charge in [-0.3, -0.25) is 0 Å². The Morgan fingerprint density at radius 3 is 2.54 bits per heavy atom. The summed E-state index contributed by atoms with van der Waals surface area (Å²) in [6.07, 6.45) is 0. The van der Waals surface area contributed by atoms with Crippen LogP contribution in [0.25, 0.3) is 22.8 Å². The largest absolute Gasteiger partial charge is 0.419 e. The molecule has 2 aromatic heterocycles. The predicted octanol–water partition coefficient (Wildman–Crippen LogP) is 4.52. The van der Waals surface area contributed by atoms with Crippen molar-refractivity contribution in [1.82, 2.24) is 25.1 Å². The second kappa shape index (κ2) is 7.65. The van der Waals surface area contributed by atoms with Gasteiger partial charge in [0.1, 0.15) is 0 Å². The normalized spacial score (nSPS) is 12.2. The SMILES string of the molecule is Cc1ccc(-c2nnc([C@@H](C)Sc3nnc(-c4ccccc4Cl)n3N)o2)cc1. The molecule has 7 nitrogen and oxygen atoms in total. The minimum atomic E-state index is -0.155. The summed E-state index contributed by atoms with van der Waals surface area (Å²) in [4.78, 5) is 0. The Hall–Kier alpha value is -2.84. The van der Waals surface area contributed by atoms with E-state index in [-0.39, 0.29) is 5.25 Å². The van der Waals surface area contributed by atoms with Crippen LogP contribution in [0.2, 0.25) is 5.02 Å². The van der Waals surface area contributed by atoms with Crippen molar-refractivity contribution in [2.45, 2.75) is 24.3 Å². The van der Waals surface area contributed by atoms with E-state index in [1.165, 1.54) is 22.0 Å². The Labute approximate surface area is 170 Å². The smallest absolute Gasteiger partial charge is 0.247 e. The van der Waals surface area contributed by atoms with Gasteiger partial charge < -0.3 is 10.3 Å².